The normalized spacial score (nSPS) is 16.5. The molecule has 0 aliphatic carbocycles. The number of carbonyl (C=O) groups is 1. The maximum absolute atomic E-state index is 11.2. The molecule has 0 aromatic heterocycles. The molecule has 20 heavy (non-hydrogen) atoms. The highest BCUT2D eigenvalue weighted by atomic mass is 16.6. The molecule has 1 aromatic carbocycles. The molecule has 1 aliphatic heterocycles. The maximum Gasteiger partial charge on any atom is 0.320 e. The average molecular weight is 279 g/mol. The van der Waals surface area contributed by atoms with Gasteiger partial charge in [0.15, 0.2) is 11.5 Å². The Bertz CT molecular complexity index is 475. The molecule has 110 valence electrons. The molecule has 2 N–H and O–H groups in total. The molecule has 0 saturated carbocycles. The van der Waals surface area contributed by atoms with Crippen LogP contribution in [0, 0.1) is 0 Å². The summed E-state index contributed by atoms with van der Waals surface area (Å²) in [6.07, 6.45) is 1.45. The van der Waals surface area contributed by atoms with Crippen molar-refractivity contribution >= 4 is 5.97 Å². The van der Waals surface area contributed by atoms with Gasteiger partial charge in [-0.3, -0.25) is 10.1 Å². The van der Waals surface area contributed by atoms with E-state index in [4.69, 9.17) is 9.47 Å². The SMILES string of the molecule is CCCC(NC(C)c1ccc2c(c1)OCCO2)C(=O)O. The number of carboxylic acids is 1. The Hall–Kier alpha value is -1.75. The van der Waals surface area contributed by atoms with Crippen molar-refractivity contribution in [2.24, 2.45) is 0 Å². The first kappa shape index (κ1) is 14.7. The Morgan fingerprint density at radius 2 is 2.05 bits per heavy atom. The second-order valence-corrected chi connectivity index (χ2v) is 4.97. The van der Waals surface area contributed by atoms with Crippen LogP contribution >= 0.6 is 0 Å². The molecule has 1 aliphatic rings. The third-order valence-corrected chi connectivity index (χ3v) is 3.39. The van der Waals surface area contributed by atoms with Gasteiger partial charge in [0, 0.05) is 6.04 Å². The number of aliphatic carboxylic acids is 1. The molecule has 0 spiro atoms. The predicted octanol–water partition coefficient (Wildman–Crippen LogP) is 2.36. The molecule has 5 heteroatoms. The van der Waals surface area contributed by atoms with E-state index in [9.17, 15) is 9.90 Å². The van der Waals surface area contributed by atoms with Gasteiger partial charge in [0.05, 0.1) is 0 Å². The third-order valence-electron chi connectivity index (χ3n) is 3.39. The molecule has 0 fully saturated rings. The van der Waals surface area contributed by atoms with Crippen LogP contribution in [0.2, 0.25) is 0 Å². The van der Waals surface area contributed by atoms with Gasteiger partial charge in [0.1, 0.15) is 19.3 Å². The van der Waals surface area contributed by atoms with E-state index >= 15 is 0 Å². The molecule has 0 radical (unpaired) electrons. The minimum Gasteiger partial charge on any atom is -0.486 e. The molecule has 0 amide bonds. The lowest BCUT2D eigenvalue weighted by molar-refractivity contribution is -0.139. The fraction of sp³-hybridized carbons (Fsp3) is 0.533. The van der Waals surface area contributed by atoms with E-state index in [1.807, 2.05) is 32.0 Å². The largest absolute Gasteiger partial charge is 0.486 e. The molecule has 1 heterocycles. The van der Waals surface area contributed by atoms with Crippen LogP contribution in [0.5, 0.6) is 11.5 Å². The quantitative estimate of drug-likeness (QED) is 0.836. The van der Waals surface area contributed by atoms with Crippen LogP contribution < -0.4 is 14.8 Å². The van der Waals surface area contributed by atoms with Crippen molar-refractivity contribution in [3.05, 3.63) is 23.8 Å². The van der Waals surface area contributed by atoms with Gasteiger partial charge < -0.3 is 14.6 Å². The summed E-state index contributed by atoms with van der Waals surface area (Å²) in [6.45, 7) is 5.05. The van der Waals surface area contributed by atoms with Gasteiger partial charge in [0.25, 0.3) is 0 Å². The number of hydrogen-bond acceptors (Lipinski definition) is 4. The molecule has 0 saturated heterocycles. The van der Waals surface area contributed by atoms with Gasteiger partial charge in [-0.05, 0) is 31.0 Å². The number of ether oxygens (including phenoxy) is 2. The standard InChI is InChI=1S/C15H21NO4/c1-3-4-12(15(17)18)16-10(2)11-5-6-13-14(9-11)20-8-7-19-13/h5-6,9-10,12,16H,3-4,7-8H2,1-2H3,(H,17,18). The summed E-state index contributed by atoms with van der Waals surface area (Å²) in [7, 11) is 0. The number of rotatable bonds is 6. The number of benzene rings is 1. The molecule has 0 bridgehead atoms. The highest BCUT2D eigenvalue weighted by molar-refractivity contribution is 5.73. The summed E-state index contributed by atoms with van der Waals surface area (Å²) < 4.78 is 11.0. The van der Waals surface area contributed by atoms with Crippen LogP contribution in [0.3, 0.4) is 0 Å². The zero-order chi connectivity index (χ0) is 14.5. The smallest absolute Gasteiger partial charge is 0.320 e. The molecular weight excluding hydrogens is 258 g/mol. The van der Waals surface area contributed by atoms with E-state index in [1.54, 1.807) is 0 Å². The molecule has 2 atom stereocenters. The summed E-state index contributed by atoms with van der Waals surface area (Å²) in [5.74, 6) is 0.663. The van der Waals surface area contributed by atoms with E-state index in [-0.39, 0.29) is 6.04 Å². The topological polar surface area (TPSA) is 67.8 Å². The van der Waals surface area contributed by atoms with Crippen LogP contribution in [-0.4, -0.2) is 30.3 Å². The first-order valence-corrected chi connectivity index (χ1v) is 7.00. The maximum atomic E-state index is 11.2. The summed E-state index contributed by atoms with van der Waals surface area (Å²) >= 11 is 0. The Kier molecular flexibility index (Phi) is 4.84. The van der Waals surface area contributed by atoms with Crippen molar-refractivity contribution in [2.45, 2.75) is 38.8 Å². The van der Waals surface area contributed by atoms with Crippen molar-refractivity contribution in [3.8, 4) is 11.5 Å². The van der Waals surface area contributed by atoms with Crippen LogP contribution in [-0.2, 0) is 4.79 Å². The number of nitrogens with one attached hydrogen (secondary N) is 1. The number of hydrogen-bond donors (Lipinski definition) is 2. The summed E-state index contributed by atoms with van der Waals surface area (Å²) in [5, 5.41) is 12.3. The van der Waals surface area contributed by atoms with Gasteiger partial charge in [-0.2, -0.15) is 0 Å². The molecule has 5 nitrogen and oxygen atoms in total. The minimum absolute atomic E-state index is 0.0570. The van der Waals surface area contributed by atoms with Crippen molar-refractivity contribution < 1.29 is 19.4 Å². The Balaban J connectivity index is 2.08. The molecule has 1 aromatic rings. The van der Waals surface area contributed by atoms with Crippen molar-refractivity contribution in [1.29, 1.82) is 0 Å². The summed E-state index contributed by atoms with van der Waals surface area (Å²) in [5.41, 5.74) is 0.997. The lowest BCUT2D eigenvalue weighted by Gasteiger charge is -2.23. The summed E-state index contributed by atoms with van der Waals surface area (Å²) in [6, 6.07) is 5.15. The van der Waals surface area contributed by atoms with Gasteiger partial charge in [0.2, 0.25) is 0 Å². The fourth-order valence-electron chi connectivity index (χ4n) is 2.29. The molecule has 2 unspecified atom stereocenters. The van der Waals surface area contributed by atoms with Crippen LogP contribution in [0.1, 0.15) is 38.3 Å². The van der Waals surface area contributed by atoms with E-state index in [0.29, 0.717) is 19.6 Å². The number of fused-ring (bicyclic) bond motifs is 1. The highest BCUT2D eigenvalue weighted by Gasteiger charge is 2.20. The second-order valence-electron chi connectivity index (χ2n) is 4.97. The average Bonchev–Trinajstić information content (AvgIpc) is 2.46. The van der Waals surface area contributed by atoms with Crippen molar-refractivity contribution in [3.63, 3.8) is 0 Å². The van der Waals surface area contributed by atoms with Crippen LogP contribution in [0.25, 0.3) is 0 Å². The van der Waals surface area contributed by atoms with E-state index in [1.165, 1.54) is 0 Å². The van der Waals surface area contributed by atoms with Gasteiger partial charge in [-0.15, -0.1) is 0 Å². The lowest BCUT2D eigenvalue weighted by Crippen LogP contribution is -2.38. The first-order chi connectivity index (χ1) is 9.61. The highest BCUT2D eigenvalue weighted by Crippen LogP contribution is 2.32. The van der Waals surface area contributed by atoms with Crippen molar-refractivity contribution in [2.75, 3.05) is 13.2 Å². The Labute approximate surface area is 118 Å². The zero-order valence-corrected chi connectivity index (χ0v) is 11.9. The van der Waals surface area contributed by atoms with Crippen LogP contribution in [0.4, 0.5) is 0 Å². The number of carboxylic acid groups (broad SMARTS) is 1. The van der Waals surface area contributed by atoms with Gasteiger partial charge >= 0.3 is 5.97 Å². The first-order valence-electron chi connectivity index (χ1n) is 7.00. The van der Waals surface area contributed by atoms with E-state index in [0.717, 1.165) is 23.5 Å². The van der Waals surface area contributed by atoms with E-state index in [2.05, 4.69) is 5.32 Å². The van der Waals surface area contributed by atoms with Crippen molar-refractivity contribution in [1.82, 2.24) is 5.32 Å². The fourth-order valence-corrected chi connectivity index (χ4v) is 2.29. The molecular formula is C15H21NO4. The third kappa shape index (κ3) is 3.42. The Morgan fingerprint density at radius 1 is 1.35 bits per heavy atom. The second kappa shape index (κ2) is 6.61. The monoisotopic (exact) mass is 279 g/mol. The Morgan fingerprint density at radius 3 is 2.70 bits per heavy atom. The minimum atomic E-state index is -0.809. The lowest BCUT2D eigenvalue weighted by atomic mass is 10.0. The van der Waals surface area contributed by atoms with E-state index < -0.39 is 12.0 Å². The van der Waals surface area contributed by atoms with Gasteiger partial charge in [-0.1, -0.05) is 19.4 Å². The van der Waals surface area contributed by atoms with Gasteiger partial charge in [-0.25, -0.2) is 0 Å². The predicted molar refractivity (Wildman–Crippen MR) is 75.3 cm³/mol. The summed E-state index contributed by atoms with van der Waals surface area (Å²) in [4.78, 5) is 11.2. The zero-order valence-electron chi connectivity index (χ0n) is 11.9. The molecule has 2 rings (SSSR count). The van der Waals surface area contributed by atoms with Crippen LogP contribution in [0.15, 0.2) is 18.2 Å².